The van der Waals surface area contributed by atoms with Gasteiger partial charge in [0.25, 0.3) is 0 Å². The Kier molecular flexibility index (Phi) is 5.47. The Hall–Kier alpha value is -2.22. The van der Waals surface area contributed by atoms with E-state index in [1.807, 2.05) is 29.7 Å². The molecule has 3 rings (SSSR count). The van der Waals surface area contributed by atoms with Crippen molar-refractivity contribution in [2.24, 2.45) is 7.05 Å². The highest BCUT2D eigenvalue weighted by molar-refractivity contribution is 5.73. The molecule has 0 aromatic carbocycles. The Labute approximate surface area is 147 Å². The van der Waals surface area contributed by atoms with Crippen LogP contribution in [0.2, 0.25) is 0 Å². The molecule has 0 radical (unpaired) electrons. The Morgan fingerprint density at radius 3 is 2.96 bits per heavy atom. The van der Waals surface area contributed by atoms with Gasteiger partial charge in [-0.3, -0.25) is 9.48 Å². The third kappa shape index (κ3) is 4.45. The van der Waals surface area contributed by atoms with Crippen LogP contribution in [0.1, 0.15) is 37.5 Å². The van der Waals surface area contributed by atoms with E-state index in [0.29, 0.717) is 24.7 Å². The summed E-state index contributed by atoms with van der Waals surface area (Å²) in [5, 5.41) is 8.18. The van der Waals surface area contributed by atoms with Gasteiger partial charge in [-0.1, -0.05) is 12.1 Å². The number of carbonyl (C=O) groups excluding carboxylic acids is 1. The first kappa shape index (κ1) is 17.6. The van der Waals surface area contributed by atoms with E-state index < -0.39 is 0 Å². The fourth-order valence-corrected chi connectivity index (χ4v) is 3.31. The van der Waals surface area contributed by atoms with Gasteiger partial charge in [0.2, 0.25) is 11.8 Å². The molecule has 0 spiro atoms. The number of carbonyl (C=O) groups is 1. The zero-order valence-corrected chi connectivity index (χ0v) is 15.2. The van der Waals surface area contributed by atoms with E-state index >= 15 is 0 Å². The molecule has 2 aromatic rings. The van der Waals surface area contributed by atoms with Gasteiger partial charge in [0.05, 0.1) is 12.7 Å². The van der Waals surface area contributed by atoms with Crippen molar-refractivity contribution in [1.29, 1.82) is 0 Å². The van der Waals surface area contributed by atoms with Gasteiger partial charge in [-0.25, -0.2) is 0 Å². The largest absolute Gasteiger partial charge is 0.339 e. The minimum atomic E-state index is 0.0574. The maximum Gasteiger partial charge on any atom is 0.226 e. The van der Waals surface area contributed by atoms with Crippen molar-refractivity contribution in [1.82, 2.24) is 29.7 Å². The predicted molar refractivity (Wildman–Crippen MR) is 91.7 cm³/mol. The molecule has 8 heteroatoms. The lowest BCUT2D eigenvalue weighted by Crippen LogP contribution is -2.40. The molecule has 0 bridgehead atoms. The molecule has 25 heavy (non-hydrogen) atoms. The van der Waals surface area contributed by atoms with Crippen LogP contribution in [0.5, 0.6) is 0 Å². The van der Waals surface area contributed by atoms with Crippen LogP contribution in [-0.2, 0) is 31.2 Å². The summed E-state index contributed by atoms with van der Waals surface area (Å²) in [4.78, 5) is 20.7. The molecular formula is C17H26N6O2. The molecule has 1 fully saturated rings. The first-order chi connectivity index (χ1) is 12.0. The zero-order chi connectivity index (χ0) is 17.8. The quantitative estimate of drug-likeness (QED) is 0.745. The van der Waals surface area contributed by atoms with Crippen molar-refractivity contribution in [3.8, 4) is 0 Å². The highest BCUT2D eigenvalue weighted by atomic mass is 16.5. The van der Waals surface area contributed by atoms with Gasteiger partial charge in [0.1, 0.15) is 0 Å². The molecule has 0 unspecified atom stereocenters. The summed E-state index contributed by atoms with van der Waals surface area (Å²) in [5.41, 5.74) is 1.24. The monoisotopic (exact) mass is 346 g/mol. The van der Waals surface area contributed by atoms with E-state index in [4.69, 9.17) is 4.52 Å². The van der Waals surface area contributed by atoms with Crippen molar-refractivity contribution in [2.75, 3.05) is 19.6 Å². The van der Waals surface area contributed by atoms with Crippen molar-refractivity contribution in [3.05, 3.63) is 29.7 Å². The second kappa shape index (κ2) is 7.77. The highest BCUT2D eigenvalue weighted by Crippen LogP contribution is 2.18. The van der Waals surface area contributed by atoms with Gasteiger partial charge in [-0.2, -0.15) is 10.1 Å². The zero-order valence-electron chi connectivity index (χ0n) is 15.2. The second-order valence-electron chi connectivity index (χ2n) is 6.62. The predicted octanol–water partition coefficient (Wildman–Crippen LogP) is 1.03. The summed E-state index contributed by atoms with van der Waals surface area (Å²) < 4.78 is 6.98. The molecule has 0 saturated carbocycles. The van der Waals surface area contributed by atoms with Crippen molar-refractivity contribution in [3.63, 3.8) is 0 Å². The minimum absolute atomic E-state index is 0.0574. The van der Waals surface area contributed by atoms with E-state index in [0.717, 1.165) is 32.5 Å². The lowest BCUT2D eigenvalue weighted by atomic mass is 10.2. The van der Waals surface area contributed by atoms with Crippen LogP contribution in [-0.4, -0.2) is 61.3 Å². The number of hydrogen-bond acceptors (Lipinski definition) is 6. The summed E-state index contributed by atoms with van der Waals surface area (Å²) in [7, 11) is 1.93. The first-order valence-corrected chi connectivity index (χ1v) is 8.83. The molecule has 2 aromatic heterocycles. The van der Waals surface area contributed by atoms with Crippen LogP contribution in [0.3, 0.4) is 0 Å². The maximum absolute atomic E-state index is 12.1. The molecule has 1 amide bonds. The molecule has 1 aliphatic rings. The number of amides is 1. The topological polar surface area (TPSA) is 80.3 Å². The Balaban J connectivity index is 1.54. The van der Waals surface area contributed by atoms with Crippen molar-refractivity contribution in [2.45, 2.75) is 45.7 Å². The molecule has 1 atom stereocenters. The van der Waals surface area contributed by atoms with Crippen LogP contribution in [0.15, 0.2) is 16.9 Å². The Morgan fingerprint density at radius 2 is 2.32 bits per heavy atom. The number of hydrogen-bond donors (Lipinski definition) is 0. The highest BCUT2D eigenvalue weighted by Gasteiger charge is 2.30. The average molecular weight is 346 g/mol. The van der Waals surface area contributed by atoms with Gasteiger partial charge in [-0.05, 0) is 18.4 Å². The van der Waals surface area contributed by atoms with Crippen LogP contribution >= 0.6 is 0 Å². The number of nitrogens with zero attached hydrogens (tertiary/aromatic N) is 6. The smallest absolute Gasteiger partial charge is 0.226 e. The van der Waals surface area contributed by atoms with Crippen LogP contribution in [0.4, 0.5) is 0 Å². The van der Waals surface area contributed by atoms with E-state index in [2.05, 4.69) is 26.3 Å². The van der Waals surface area contributed by atoms with Gasteiger partial charge < -0.3 is 14.3 Å². The van der Waals surface area contributed by atoms with Gasteiger partial charge in [0.15, 0.2) is 5.82 Å². The number of rotatable bonds is 7. The fraction of sp³-hybridized carbons (Fsp3) is 0.647. The van der Waals surface area contributed by atoms with Gasteiger partial charge in [-0.15, -0.1) is 0 Å². The Morgan fingerprint density at radius 1 is 1.48 bits per heavy atom. The number of likely N-dealkylation sites (tertiary alicyclic amines) is 1. The standard InChI is InChI=1S/C17H26N6O2/c1-4-17-19-16(20-25-17)12-23(13(2)24)15-6-8-22(11-15)7-5-14-9-18-21(3)10-14/h9-10,15H,4-8,11-12H2,1-3H3/t15-/m0/s1. The maximum atomic E-state index is 12.1. The van der Waals surface area contributed by atoms with Crippen LogP contribution in [0.25, 0.3) is 0 Å². The van der Waals surface area contributed by atoms with Gasteiger partial charge in [0, 0.05) is 52.3 Å². The molecule has 0 aliphatic carbocycles. The normalized spacial score (nSPS) is 18.0. The molecule has 0 N–H and O–H groups in total. The van der Waals surface area contributed by atoms with Crippen molar-refractivity contribution < 1.29 is 9.32 Å². The molecular weight excluding hydrogens is 320 g/mol. The lowest BCUT2D eigenvalue weighted by molar-refractivity contribution is -0.131. The first-order valence-electron chi connectivity index (χ1n) is 8.83. The molecule has 136 valence electrons. The molecule has 8 nitrogen and oxygen atoms in total. The van der Waals surface area contributed by atoms with E-state index in [9.17, 15) is 4.79 Å². The van der Waals surface area contributed by atoms with E-state index in [-0.39, 0.29) is 11.9 Å². The Bertz CT molecular complexity index is 710. The summed E-state index contributed by atoms with van der Waals surface area (Å²) >= 11 is 0. The third-order valence-electron chi connectivity index (χ3n) is 4.69. The fourth-order valence-electron chi connectivity index (χ4n) is 3.31. The molecule has 1 saturated heterocycles. The van der Waals surface area contributed by atoms with Crippen LogP contribution < -0.4 is 0 Å². The molecule has 3 heterocycles. The minimum Gasteiger partial charge on any atom is -0.339 e. The van der Waals surface area contributed by atoms with E-state index in [1.54, 1.807) is 6.92 Å². The summed E-state index contributed by atoms with van der Waals surface area (Å²) in [6.07, 6.45) is 6.63. The number of aromatic nitrogens is 4. The SMILES string of the molecule is CCc1nc(CN(C(C)=O)[C@H]2CCN(CCc3cnn(C)c3)C2)no1. The van der Waals surface area contributed by atoms with E-state index in [1.165, 1.54) is 5.56 Å². The van der Waals surface area contributed by atoms with Crippen molar-refractivity contribution >= 4 is 5.91 Å². The molecule has 1 aliphatic heterocycles. The summed E-state index contributed by atoms with van der Waals surface area (Å²) in [5.74, 6) is 1.26. The second-order valence-corrected chi connectivity index (χ2v) is 6.62. The average Bonchev–Trinajstić information content (AvgIpc) is 3.31. The van der Waals surface area contributed by atoms with Crippen LogP contribution in [0, 0.1) is 0 Å². The summed E-state index contributed by atoms with van der Waals surface area (Å²) in [6, 6.07) is 0.204. The lowest BCUT2D eigenvalue weighted by Gasteiger charge is -2.27. The number of aryl methyl sites for hydroxylation is 2. The summed E-state index contributed by atoms with van der Waals surface area (Å²) in [6.45, 7) is 6.87. The van der Waals surface area contributed by atoms with Gasteiger partial charge >= 0.3 is 0 Å². The third-order valence-corrected chi connectivity index (χ3v) is 4.69.